The summed E-state index contributed by atoms with van der Waals surface area (Å²) in [4.78, 5) is 42.1. The van der Waals surface area contributed by atoms with E-state index in [1.165, 1.54) is 0 Å². The number of carboxylic acid groups (broad SMARTS) is 4. The van der Waals surface area contributed by atoms with Gasteiger partial charge in [0.15, 0.2) is 0 Å². The highest BCUT2D eigenvalue weighted by atomic mass is 16.4. The molecule has 0 saturated heterocycles. The second-order valence-electron chi connectivity index (χ2n) is 3.91. The first-order valence-electron chi connectivity index (χ1n) is 5.60. The van der Waals surface area contributed by atoms with Crippen LogP contribution < -0.4 is 10.6 Å². The standard InChI is InChI=1S/C10H16N2O8/c13-6(14)3-5(4-7(15)16)11-1-2-12-8(9(17)18)10(19)20/h5,8,11-12H,1-4H2,(H,13,14)(H,15,16)(H,17,18)(H,19,20). The number of aliphatic carboxylic acids is 4. The predicted octanol–water partition coefficient (Wildman–Crippen LogP) is -1.98. The third-order valence-electron chi connectivity index (χ3n) is 2.24. The van der Waals surface area contributed by atoms with Crippen LogP contribution in [0.3, 0.4) is 0 Å². The van der Waals surface area contributed by atoms with Crippen LogP contribution in [0.5, 0.6) is 0 Å². The summed E-state index contributed by atoms with van der Waals surface area (Å²) in [5, 5.41) is 39.1. The van der Waals surface area contributed by atoms with Crippen LogP contribution in [0, 0.1) is 0 Å². The van der Waals surface area contributed by atoms with Crippen LogP contribution >= 0.6 is 0 Å². The van der Waals surface area contributed by atoms with Crippen molar-refractivity contribution in [2.24, 2.45) is 0 Å². The number of carbonyl (C=O) groups is 4. The molecule has 0 aliphatic heterocycles. The van der Waals surface area contributed by atoms with Crippen LogP contribution in [-0.4, -0.2) is 69.5 Å². The molecule has 0 spiro atoms. The van der Waals surface area contributed by atoms with E-state index in [-0.39, 0.29) is 13.1 Å². The van der Waals surface area contributed by atoms with Gasteiger partial charge in [-0.2, -0.15) is 0 Å². The van der Waals surface area contributed by atoms with Crippen molar-refractivity contribution in [3.63, 3.8) is 0 Å². The molecule has 0 amide bonds. The fourth-order valence-corrected chi connectivity index (χ4v) is 1.41. The lowest BCUT2D eigenvalue weighted by Gasteiger charge is -2.16. The van der Waals surface area contributed by atoms with Gasteiger partial charge in [0.05, 0.1) is 12.8 Å². The highest BCUT2D eigenvalue weighted by molar-refractivity contribution is 5.97. The van der Waals surface area contributed by atoms with Crippen molar-refractivity contribution in [3.8, 4) is 0 Å². The van der Waals surface area contributed by atoms with Gasteiger partial charge >= 0.3 is 23.9 Å². The van der Waals surface area contributed by atoms with Gasteiger partial charge < -0.3 is 25.7 Å². The van der Waals surface area contributed by atoms with E-state index in [0.717, 1.165) is 0 Å². The first-order valence-corrected chi connectivity index (χ1v) is 5.60. The van der Waals surface area contributed by atoms with Crippen LogP contribution in [0.15, 0.2) is 0 Å². The fraction of sp³-hybridized carbons (Fsp3) is 0.600. The van der Waals surface area contributed by atoms with E-state index >= 15 is 0 Å². The Labute approximate surface area is 113 Å². The molecule has 0 aliphatic carbocycles. The molecule has 10 nitrogen and oxygen atoms in total. The lowest BCUT2D eigenvalue weighted by molar-refractivity contribution is -0.151. The molecular formula is C10H16N2O8. The molecule has 6 N–H and O–H groups in total. The van der Waals surface area contributed by atoms with Crippen molar-refractivity contribution < 1.29 is 39.6 Å². The van der Waals surface area contributed by atoms with Gasteiger partial charge in [-0.05, 0) is 0 Å². The molecule has 114 valence electrons. The van der Waals surface area contributed by atoms with Gasteiger partial charge in [-0.3, -0.25) is 14.9 Å². The topological polar surface area (TPSA) is 173 Å². The maximum absolute atomic E-state index is 10.5. The molecule has 0 aliphatic rings. The second kappa shape index (κ2) is 8.82. The average Bonchev–Trinajstić information content (AvgIpc) is 2.25. The highest BCUT2D eigenvalue weighted by Crippen LogP contribution is 1.98. The summed E-state index contributed by atoms with van der Waals surface area (Å²) in [5.41, 5.74) is 0. The molecule has 0 bridgehead atoms. The maximum atomic E-state index is 10.5. The van der Waals surface area contributed by atoms with Gasteiger partial charge in [0, 0.05) is 19.1 Å². The molecule has 0 atom stereocenters. The van der Waals surface area contributed by atoms with Crippen molar-refractivity contribution in [2.45, 2.75) is 24.9 Å². The molecule has 20 heavy (non-hydrogen) atoms. The van der Waals surface area contributed by atoms with Crippen molar-refractivity contribution in [3.05, 3.63) is 0 Å². The van der Waals surface area contributed by atoms with Crippen molar-refractivity contribution in [1.82, 2.24) is 10.6 Å². The molecule has 0 rings (SSSR count). The summed E-state index contributed by atoms with van der Waals surface area (Å²) in [6, 6.07) is -2.59. The van der Waals surface area contributed by atoms with Crippen LogP contribution in [0.4, 0.5) is 0 Å². The van der Waals surface area contributed by atoms with E-state index < -0.39 is 48.8 Å². The van der Waals surface area contributed by atoms with Crippen LogP contribution in [0.2, 0.25) is 0 Å². The Morgan fingerprint density at radius 3 is 1.50 bits per heavy atom. The Bertz CT molecular complexity index is 353. The first kappa shape index (κ1) is 17.8. The summed E-state index contributed by atoms with van der Waals surface area (Å²) in [6.07, 6.45) is -0.818. The Balaban J connectivity index is 4.16. The zero-order chi connectivity index (χ0) is 15.7. The molecule has 0 saturated carbocycles. The zero-order valence-corrected chi connectivity index (χ0v) is 10.4. The lowest BCUT2D eigenvalue weighted by Crippen LogP contribution is -2.47. The fourth-order valence-electron chi connectivity index (χ4n) is 1.41. The Hall–Kier alpha value is -2.20. The molecule has 0 aromatic carbocycles. The Kier molecular flexibility index (Phi) is 7.85. The minimum absolute atomic E-state index is 0.0300. The molecule has 0 radical (unpaired) electrons. The minimum atomic E-state index is -1.77. The summed E-state index contributed by atoms with van der Waals surface area (Å²) >= 11 is 0. The highest BCUT2D eigenvalue weighted by Gasteiger charge is 2.24. The minimum Gasteiger partial charge on any atom is -0.481 e. The van der Waals surface area contributed by atoms with E-state index in [9.17, 15) is 19.2 Å². The first-order chi connectivity index (χ1) is 9.23. The van der Waals surface area contributed by atoms with Crippen molar-refractivity contribution in [2.75, 3.05) is 13.1 Å². The summed E-state index contributed by atoms with van der Waals surface area (Å²) in [6.45, 7) is -0.0404. The van der Waals surface area contributed by atoms with Gasteiger partial charge in [-0.25, -0.2) is 9.59 Å². The SMILES string of the molecule is O=C(O)CC(CC(=O)O)NCCNC(C(=O)O)C(=O)O. The lowest BCUT2D eigenvalue weighted by atomic mass is 10.1. The van der Waals surface area contributed by atoms with Crippen molar-refractivity contribution >= 4 is 23.9 Å². The van der Waals surface area contributed by atoms with Gasteiger partial charge in [-0.1, -0.05) is 0 Å². The molecule has 0 heterocycles. The summed E-state index contributed by atoms with van der Waals surface area (Å²) < 4.78 is 0. The van der Waals surface area contributed by atoms with E-state index in [1.807, 2.05) is 0 Å². The van der Waals surface area contributed by atoms with E-state index in [4.69, 9.17) is 20.4 Å². The number of carboxylic acids is 4. The third-order valence-corrected chi connectivity index (χ3v) is 2.24. The number of hydrogen-bond donors (Lipinski definition) is 6. The Morgan fingerprint density at radius 1 is 0.750 bits per heavy atom. The van der Waals surface area contributed by atoms with Crippen LogP contribution in [0.25, 0.3) is 0 Å². The van der Waals surface area contributed by atoms with Gasteiger partial charge in [-0.15, -0.1) is 0 Å². The maximum Gasteiger partial charge on any atom is 0.332 e. The molecule has 0 aromatic heterocycles. The summed E-state index contributed by atoms with van der Waals surface area (Å²) in [5.74, 6) is -5.45. The van der Waals surface area contributed by atoms with Gasteiger partial charge in [0.2, 0.25) is 6.04 Å². The van der Waals surface area contributed by atoms with E-state index in [0.29, 0.717) is 0 Å². The number of nitrogens with one attached hydrogen (secondary N) is 2. The molecule has 0 unspecified atom stereocenters. The average molecular weight is 292 g/mol. The van der Waals surface area contributed by atoms with E-state index in [1.54, 1.807) is 0 Å². The second-order valence-corrected chi connectivity index (χ2v) is 3.91. The number of hydrogen-bond acceptors (Lipinski definition) is 6. The molecule has 10 heteroatoms. The van der Waals surface area contributed by atoms with Crippen LogP contribution in [0.1, 0.15) is 12.8 Å². The van der Waals surface area contributed by atoms with Crippen molar-refractivity contribution in [1.29, 1.82) is 0 Å². The largest absolute Gasteiger partial charge is 0.481 e. The predicted molar refractivity (Wildman–Crippen MR) is 63.4 cm³/mol. The zero-order valence-electron chi connectivity index (χ0n) is 10.4. The third kappa shape index (κ3) is 8.00. The summed E-state index contributed by atoms with van der Waals surface area (Å²) in [7, 11) is 0. The monoisotopic (exact) mass is 292 g/mol. The van der Waals surface area contributed by atoms with E-state index in [2.05, 4.69) is 10.6 Å². The van der Waals surface area contributed by atoms with Crippen LogP contribution in [-0.2, 0) is 19.2 Å². The number of rotatable bonds is 11. The molecule has 0 fully saturated rings. The normalized spacial score (nSPS) is 10.7. The molecule has 0 aromatic rings. The van der Waals surface area contributed by atoms with Gasteiger partial charge in [0.1, 0.15) is 0 Å². The quantitative estimate of drug-likeness (QED) is 0.185. The smallest absolute Gasteiger partial charge is 0.332 e. The van der Waals surface area contributed by atoms with Gasteiger partial charge in [0.25, 0.3) is 0 Å². The Morgan fingerprint density at radius 2 is 1.15 bits per heavy atom. The molecular weight excluding hydrogens is 276 g/mol.